The highest BCUT2D eigenvalue weighted by Crippen LogP contribution is 2.23. The van der Waals surface area contributed by atoms with Gasteiger partial charge in [-0.05, 0) is 26.0 Å². The van der Waals surface area contributed by atoms with Gasteiger partial charge in [0.25, 0.3) is 0 Å². The van der Waals surface area contributed by atoms with Crippen LogP contribution in [0.4, 0.5) is 0 Å². The van der Waals surface area contributed by atoms with Gasteiger partial charge in [-0.3, -0.25) is 4.79 Å². The minimum absolute atomic E-state index is 0.111. The van der Waals surface area contributed by atoms with Crippen molar-refractivity contribution in [2.24, 2.45) is 0 Å². The Labute approximate surface area is 129 Å². The lowest BCUT2D eigenvalue weighted by molar-refractivity contribution is -0.280. The maximum Gasteiger partial charge on any atom is 0.338 e. The quantitative estimate of drug-likeness (QED) is 0.591. The number of carbonyl (C=O) groups excluding carboxylic acids is 2. The molecular formula is C16H20O6. The number of carbonyl (C=O) groups is 2. The third-order valence-corrected chi connectivity index (χ3v) is 3.33. The first kappa shape index (κ1) is 16.6. The number of hydrogen-bond donors (Lipinski definition) is 0. The first-order valence-electron chi connectivity index (χ1n) is 7.04. The summed E-state index contributed by atoms with van der Waals surface area (Å²) in [4.78, 5) is 23.7. The van der Waals surface area contributed by atoms with Gasteiger partial charge < -0.3 is 18.9 Å². The molecule has 1 aliphatic rings. The van der Waals surface area contributed by atoms with Gasteiger partial charge in [0.2, 0.25) is 0 Å². The average Bonchev–Trinajstić information content (AvgIpc) is 2.84. The van der Waals surface area contributed by atoms with Gasteiger partial charge >= 0.3 is 5.97 Å². The normalized spacial score (nSPS) is 21.9. The molecule has 0 bridgehead atoms. The molecule has 0 aliphatic carbocycles. The third kappa shape index (κ3) is 4.37. The van der Waals surface area contributed by atoms with E-state index in [1.54, 1.807) is 44.2 Å². The number of rotatable bonds is 6. The zero-order valence-electron chi connectivity index (χ0n) is 12.9. The molecule has 2 rings (SSSR count). The van der Waals surface area contributed by atoms with Crippen molar-refractivity contribution in [3.63, 3.8) is 0 Å². The van der Waals surface area contributed by atoms with Crippen molar-refractivity contribution in [2.45, 2.75) is 38.4 Å². The van der Waals surface area contributed by atoms with Crippen molar-refractivity contribution in [3.8, 4) is 0 Å². The molecule has 0 aromatic heterocycles. The van der Waals surface area contributed by atoms with Crippen LogP contribution >= 0.6 is 0 Å². The second-order valence-electron chi connectivity index (χ2n) is 5.41. The molecule has 0 spiro atoms. The average molecular weight is 308 g/mol. The molecule has 0 radical (unpaired) electrons. The zero-order chi connectivity index (χ0) is 16.2. The van der Waals surface area contributed by atoms with Crippen LogP contribution in [0, 0.1) is 0 Å². The highest BCUT2D eigenvalue weighted by atomic mass is 16.8. The van der Waals surface area contributed by atoms with E-state index in [-0.39, 0.29) is 18.8 Å². The van der Waals surface area contributed by atoms with Crippen molar-refractivity contribution in [1.29, 1.82) is 0 Å². The molecule has 0 unspecified atom stereocenters. The van der Waals surface area contributed by atoms with Crippen molar-refractivity contribution in [2.75, 3.05) is 13.7 Å². The van der Waals surface area contributed by atoms with Gasteiger partial charge in [0, 0.05) is 7.11 Å². The molecule has 1 fully saturated rings. The largest absolute Gasteiger partial charge is 0.459 e. The van der Waals surface area contributed by atoms with E-state index in [0.717, 1.165) is 0 Å². The molecule has 0 saturated carbocycles. The van der Waals surface area contributed by atoms with Crippen molar-refractivity contribution in [1.82, 2.24) is 0 Å². The summed E-state index contributed by atoms with van der Waals surface area (Å²) >= 11 is 0. The summed E-state index contributed by atoms with van der Waals surface area (Å²) in [5, 5.41) is 0. The Bertz CT molecular complexity index is 525. The van der Waals surface area contributed by atoms with E-state index >= 15 is 0 Å². The Morgan fingerprint density at radius 2 is 2.00 bits per heavy atom. The second-order valence-corrected chi connectivity index (χ2v) is 5.41. The maximum absolute atomic E-state index is 11.9. The van der Waals surface area contributed by atoms with Crippen LogP contribution in [-0.4, -0.2) is 43.7 Å². The Kier molecular flexibility index (Phi) is 5.28. The number of ether oxygens (including phenoxy) is 4. The molecule has 1 heterocycles. The van der Waals surface area contributed by atoms with Gasteiger partial charge in [-0.1, -0.05) is 18.2 Å². The molecule has 6 nitrogen and oxygen atoms in total. The minimum Gasteiger partial charge on any atom is -0.459 e. The van der Waals surface area contributed by atoms with Crippen LogP contribution < -0.4 is 0 Å². The summed E-state index contributed by atoms with van der Waals surface area (Å²) in [5.41, 5.74) is 0.432. The predicted octanol–water partition coefficient (Wildman–Crippen LogP) is 1.93. The summed E-state index contributed by atoms with van der Waals surface area (Å²) in [5.74, 6) is -1.49. The van der Waals surface area contributed by atoms with Crippen LogP contribution in [-0.2, 0) is 23.7 Å². The van der Waals surface area contributed by atoms with Crippen LogP contribution in [0.1, 0.15) is 30.6 Å². The van der Waals surface area contributed by atoms with Crippen LogP contribution in [0.5, 0.6) is 0 Å². The minimum atomic E-state index is -0.847. The fraction of sp³-hybridized carbons (Fsp3) is 0.500. The number of Topliss-reactive ketones (excluding diaryl/α,β-unsaturated/α-hetero) is 1. The molecule has 120 valence electrons. The fourth-order valence-electron chi connectivity index (χ4n) is 1.98. The first-order chi connectivity index (χ1) is 10.4. The number of benzene rings is 1. The van der Waals surface area contributed by atoms with Crippen LogP contribution in [0.2, 0.25) is 0 Å². The topological polar surface area (TPSA) is 71.1 Å². The Morgan fingerprint density at radius 3 is 2.64 bits per heavy atom. The number of methoxy groups -OCH3 is 1. The highest BCUT2D eigenvalue weighted by molar-refractivity contribution is 5.90. The third-order valence-electron chi connectivity index (χ3n) is 3.33. The van der Waals surface area contributed by atoms with E-state index in [9.17, 15) is 9.59 Å². The Morgan fingerprint density at radius 1 is 1.32 bits per heavy atom. The number of ketones is 1. The summed E-state index contributed by atoms with van der Waals surface area (Å²) in [6.45, 7) is 3.33. The van der Waals surface area contributed by atoms with Gasteiger partial charge in [-0.15, -0.1) is 0 Å². The molecule has 1 aliphatic heterocycles. The molecule has 0 N–H and O–H groups in total. The van der Waals surface area contributed by atoms with E-state index in [1.807, 2.05) is 0 Å². The lowest BCUT2D eigenvalue weighted by Crippen LogP contribution is -2.33. The van der Waals surface area contributed by atoms with Gasteiger partial charge in [0.05, 0.1) is 12.0 Å². The fourth-order valence-corrected chi connectivity index (χ4v) is 1.98. The molecule has 0 amide bonds. The number of esters is 1. The van der Waals surface area contributed by atoms with Crippen molar-refractivity contribution < 1.29 is 28.5 Å². The van der Waals surface area contributed by atoms with E-state index < -0.39 is 24.2 Å². The highest BCUT2D eigenvalue weighted by Gasteiger charge is 2.38. The molecule has 22 heavy (non-hydrogen) atoms. The van der Waals surface area contributed by atoms with Crippen molar-refractivity contribution in [3.05, 3.63) is 35.9 Å². The van der Waals surface area contributed by atoms with E-state index in [0.29, 0.717) is 5.56 Å². The summed E-state index contributed by atoms with van der Waals surface area (Å²) in [6, 6.07) is 8.58. The monoisotopic (exact) mass is 308 g/mol. The van der Waals surface area contributed by atoms with Crippen LogP contribution in [0.25, 0.3) is 0 Å². The second kappa shape index (κ2) is 7.00. The smallest absolute Gasteiger partial charge is 0.338 e. The zero-order valence-corrected chi connectivity index (χ0v) is 12.9. The van der Waals surface area contributed by atoms with Gasteiger partial charge in [0.1, 0.15) is 6.61 Å². The van der Waals surface area contributed by atoms with Crippen molar-refractivity contribution >= 4 is 11.8 Å². The van der Waals surface area contributed by atoms with E-state index in [1.165, 1.54) is 7.11 Å². The molecule has 1 aromatic rings. The van der Waals surface area contributed by atoms with Crippen LogP contribution in [0.3, 0.4) is 0 Å². The van der Waals surface area contributed by atoms with Crippen LogP contribution in [0.15, 0.2) is 30.3 Å². The Hall–Kier alpha value is -1.76. The standard InChI is InChI=1S/C16H20O6/c1-16(2,19-3)22-14-9-12(17)13(21-14)10-20-15(18)11-7-5-4-6-8-11/h4-8,13-14H,9-10H2,1-3H3/t13-,14+/m1/s1. The molecule has 6 heteroatoms. The first-order valence-corrected chi connectivity index (χ1v) is 7.04. The predicted molar refractivity (Wildman–Crippen MR) is 77.2 cm³/mol. The lowest BCUT2D eigenvalue weighted by atomic mass is 10.2. The summed E-state index contributed by atoms with van der Waals surface area (Å²) < 4.78 is 21.2. The SMILES string of the molecule is COC(C)(C)O[C@H]1CC(=O)[C@@H](COC(=O)c2ccccc2)O1. The van der Waals surface area contributed by atoms with E-state index in [2.05, 4.69) is 0 Å². The molecular weight excluding hydrogens is 288 g/mol. The summed E-state index contributed by atoms with van der Waals surface area (Å²) in [6.07, 6.45) is -1.38. The summed E-state index contributed by atoms with van der Waals surface area (Å²) in [7, 11) is 1.51. The maximum atomic E-state index is 11.9. The molecule has 1 aromatic carbocycles. The lowest BCUT2D eigenvalue weighted by Gasteiger charge is -2.26. The van der Waals surface area contributed by atoms with Gasteiger partial charge in [-0.25, -0.2) is 4.79 Å². The van der Waals surface area contributed by atoms with E-state index in [4.69, 9.17) is 18.9 Å². The van der Waals surface area contributed by atoms with Gasteiger partial charge in [-0.2, -0.15) is 0 Å². The molecule has 1 saturated heterocycles. The Balaban J connectivity index is 1.84. The molecule has 2 atom stereocenters. The van der Waals surface area contributed by atoms with Gasteiger partial charge in [0.15, 0.2) is 24.0 Å². The number of hydrogen-bond acceptors (Lipinski definition) is 6.